The van der Waals surface area contributed by atoms with Gasteiger partial charge in [-0.15, -0.1) is 0 Å². The van der Waals surface area contributed by atoms with E-state index >= 15 is 0 Å². The number of hydrogen-bond donors (Lipinski definition) is 3. The van der Waals surface area contributed by atoms with Crippen LogP contribution in [0.2, 0.25) is 0 Å². The van der Waals surface area contributed by atoms with Gasteiger partial charge < -0.3 is 15.7 Å². The molecule has 0 saturated heterocycles. The number of aliphatic hydroxyl groups is 1. The molecule has 0 aliphatic rings. The standard InChI is InChI=1S/C19H24N2O2/c1-19(23,16-9-4-2-5-10-16)15-18(22)21-14-8-13-20-17-11-6-3-7-12-17/h2-7,9-12,20,23H,8,13-15H2,1H3,(H,21,22). The zero-order valence-corrected chi connectivity index (χ0v) is 13.5. The van der Waals surface area contributed by atoms with Crippen LogP contribution in [0.25, 0.3) is 0 Å². The van der Waals surface area contributed by atoms with Crippen LogP contribution < -0.4 is 10.6 Å². The molecule has 23 heavy (non-hydrogen) atoms. The number of hydrogen-bond acceptors (Lipinski definition) is 3. The van der Waals surface area contributed by atoms with E-state index in [1.807, 2.05) is 60.7 Å². The number of anilines is 1. The summed E-state index contributed by atoms with van der Waals surface area (Å²) in [7, 11) is 0. The Kier molecular flexibility index (Phi) is 6.18. The average molecular weight is 312 g/mol. The number of benzene rings is 2. The molecule has 0 fully saturated rings. The van der Waals surface area contributed by atoms with E-state index in [0.29, 0.717) is 6.54 Å². The second-order valence-corrected chi connectivity index (χ2v) is 5.81. The smallest absolute Gasteiger partial charge is 0.223 e. The lowest BCUT2D eigenvalue weighted by Crippen LogP contribution is -2.33. The van der Waals surface area contributed by atoms with Gasteiger partial charge in [-0.2, -0.15) is 0 Å². The molecule has 2 aromatic carbocycles. The predicted molar refractivity (Wildman–Crippen MR) is 93.2 cm³/mol. The van der Waals surface area contributed by atoms with Crippen LogP contribution in [0, 0.1) is 0 Å². The van der Waals surface area contributed by atoms with Crippen LogP contribution in [-0.2, 0) is 10.4 Å². The first-order valence-corrected chi connectivity index (χ1v) is 7.91. The minimum atomic E-state index is -1.15. The van der Waals surface area contributed by atoms with Gasteiger partial charge in [0.2, 0.25) is 5.91 Å². The SMILES string of the molecule is CC(O)(CC(=O)NCCCNc1ccccc1)c1ccccc1. The second-order valence-electron chi connectivity index (χ2n) is 5.81. The second kappa shape index (κ2) is 8.34. The number of carbonyl (C=O) groups excluding carboxylic acids is 1. The zero-order chi connectivity index (χ0) is 16.5. The highest BCUT2D eigenvalue weighted by Crippen LogP contribution is 2.23. The summed E-state index contributed by atoms with van der Waals surface area (Å²) in [4.78, 5) is 12.0. The highest BCUT2D eigenvalue weighted by atomic mass is 16.3. The van der Waals surface area contributed by atoms with Gasteiger partial charge in [0.1, 0.15) is 0 Å². The van der Waals surface area contributed by atoms with Crippen molar-refractivity contribution in [3.8, 4) is 0 Å². The largest absolute Gasteiger partial charge is 0.385 e. The van der Waals surface area contributed by atoms with Gasteiger partial charge in [0.25, 0.3) is 0 Å². The van der Waals surface area contributed by atoms with Crippen molar-refractivity contribution < 1.29 is 9.90 Å². The summed E-state index contributed by atoms with van der Waals surface area (Å²) in [5.74, 6) is -0.140. The zero-order valence-electron chi connectivity index (χ0n) is 13.5. The molecule has 2 aromatic rings. The molecular formula is C19H24N2O2. The van der Waals surface area contributed by atoms with E-state index in [2.05, 4.69) is 10.6 Å². The van der Waals surface area contributed by atoms with E-state index in [4.69, 9.17) is 0 Å². The monoisotopic (exact) mass is 312 g/mol. The van der Waals surface area contributed by atoms with Crippen molar-refractivity contribution in [1.82, 2.24) is 5.32 Å². The summed E-state index contributed by atoms with van der Waals surface area (Å²) < 4.78 is 0. The van der Waals surface area contributed by atoms with E-state index < -0.39 is 5.60 Å². The molecule has 1 atom stereocenters. The van der Waals surface area contributed by atoms with Crippen molar-refractivity contribution in [2.24, 2.45) is 0 Å². The number of nitrogens with one attached hydrogen (secondary N) is 2. The lowest BCUT2D eigenvalue weighted by molar-refractivity contribution is -0.125. The topological polar surface area (TPSA) is 61.4 Å². The molecule has 0 saturated carbocycles. The van der Waals surface area contributed by atoms with Gasteiger partial charge in [-0.05, 0) is 31.0 Å². The summed E-state index contributed by atoms with van der Waals surface area (Å²) in [5.41, 5.74) is 0.680. The van der Waals surface area contributed by atoms with Crippen molar-refractivity contribution in [2.45, 2.75) is 25.4 Å². The van der Waals surface area contributed by atoms with Gasteiger partial charge in [0.05, 0.1) is 12.0 Å². The normalized spacial score (nSPS) is 13.1. The molecule has 0 bridgehead atoms. The van der Waals surface area contributed by atoms with Crippen LogP contribution >= 0.6 is 0 Å². The van der Waals surface area contributed by atoms with Crippen LogP contribution in [0.3, 0.4) is 0 Å². The summed E-state index contributed by atoms with van der Waals surface area (Å²) >= 11 is 0. The molecule has 0 aliphatic carbocycles. The van der Waals surface area contributed by atoms with E-state index in [9.17, 15) is 9.90 Å². The molecule has 0 aliphatic heterocycles. The van der Waals surface area contributed by atoms with Crippen molar-refractivity contribution in [2.75, 3.05) is 18.4 Å². The van der Waals surface area contributed by atoms with E-state index in [-0.39, 0.29) is 12.3 Å². The molecule has 122 valence electrons. The molecule has 2 rings (SSSR count). The van der Waals surface area contributed by atoms with Gasteiger partial charge in [-0.3, -0.25) is 4.79 Å². The fourth-order valence-electron chi connectivity index (χ4n) is 2.38. The molecule has 0 radical (unpaired) electrons. The van der Waals surface area contributed by atoms with Crippen LogP contribution in [0.5, 0.6) is 0 Å². The quantitative estimate of drug-likeness (QED) is 0.657. The summed E-state index contributed by atoms with van der Waals surface area (Å²) in [6.07, 6.45) is 0.886. The highest BCUT2D eigenvalue weighted by Gasteiger charge is 2.26. The fraction of sp³-hybridized carbons (Fsp3) is 0.316. The van der Waals surface area contributed by atoms with Gasteiger partial charge in [0.15, 0.2) is 0 Å². The van der Waals surface area contributed by atoms with E-state index in [0.717, 1.165) is 24.2 Å². The summed E-state index contributed by atoms with van der Waals surface area (Å²) in [6, 6.07) is 19.2. The molecule has 1 unspecified atom stereocenters. The first-order chi connectivity index (χ1) is 11.1. The number of para-hydroxylation sites is 1. The highest BCUT2D eigenvalue weighted by molar-refractivity contribution is 5.77. The van der Waals surface area contributed by atoms with Gasteiger partial charge in [-0.1, -0.05) is 48.5 Å². The van der Waals surface area contributed by atoms with Crippen LogP contribution in [0.1, 0.15) is 25.3 Å². The third kappa shape index (κ3) is 5.75. The van der Waals surface area contributed by atoms with Crippen molar-refractivity contribution in [3.63, 3.8) is 0 Å². The van der Waals surface area contributed by atoms with Gasteiger partial charge in [-0.25, -0.2) is 0 Å². The molecule has 0 spiro atoms. The molecule has 0 aromatic heterocycles. The van der Waals surface area contributed by atoms with E-state index in [1.54, 1.807) is 6.92 Å². The molecule has 1 amide bonds. The summed E-state index contributed by atoms with van der Waals surface area (Å²) in [5, 5.41) is 16.6. The Labute approximate surface area is 137 Å². The minimum Gasteiger partial charge on any atom is -0.385 e. The van der Waals surface area contributed by atoms with Gasteiger partial charge in [0, 0.05) is 18.8 Å². The Morgan fingerprint density at radius 3 is 2.26 bits per heavy atom. The molecule has 3 N–H and O–H groups in total. The van der Waals surface area contributed by atoms with E-state index in [1.165, 1.54) is 0 Å². The Hall–Kier alpha value is -2.33. The van der Waals surface area contributed by atoms with Crippen molar-refractivity contribution >= 4 is 11.6 Å². The Morgan fingerprint density at radius 1 is 1.00 bits per heavy atom. The molecule has 4 nitrogen and oxygen atoms in total. The maximum Gasteiger partial charge on any atom is 0.223 e. The fourth-order valence-corrected chi connectivity index (χ4v) is 2.38. The maximum atomic E-state index is 12.0. The van der Waals surface area contributed by atoms with Crippen LogP contribution in [0.15, 0.2) is 60.7 Å². The first kappa shape index (κ1) is 17.0. The molecule has 4 heteroatoms. The Morgan fingerprint density at radius 2 is 1.61 bits per heavy atom. The number of carbonyl (C=O) groups is 1. The van der Waals surface area contributed by atoms with Crippen LogP contribution in [0.4, 0.5) is 5.69 Å². The predicted octanol–water partition coefficient (Wildman–Crippen LogP) is 2.90. The average Bonchev–Trinajstić information content (AvgIpc) is 2.56. The van der Waals surface area contributed by atoms with Crippen molar-refractivity contribution in [3.05, 3.63) is 66.2 Å². The third-order valence-corrected chi connectivity index (χ3v) is 3.68. The number of rotatable bonds is 8. The number of amides is 1. The summed E-state index contributed by atoms with van der Waals surface area (Å²) in [6.45, 7) is 3.04. The Balaban J connectivity index is 1.67. The lowest BCUT2D eigenvalue weighted by atomic mass is 9.92. The third-order valence-electron chi connectivity index (χ3n) is 3.68. The Bertz CT molecular complexity index is 597. The van der Waals surface area contributed by atoms with Crippen molar-refractivity contribution in [1.29, 1.82) is 0 Å². The molecular weight excluding hydrogens is 288 g/mol. The lowest BCUT2D eigenvalue weighted by Gasteiger charge is -2.23. The minimum absolute atomic E-state index is 0.0587. The van der Waals surface area contributed by atoms with Gasteiger partial charge >= 0.3 is 0 Å². The maximum absolute atomic E-state index is 12.0. The molecule has 0 heterocycles. The first-order valence-electron chi connectivity index (χ1n) is 7.91. The van der Waals surface area contributed by atoms with Crippen LogP contribution in [-0.4, -0.2) is 24.1 Å².